The van der Waals surface area contributed by atoms with Gasteiger partial charge in [0, 0.05) is 61.2 Å². The van der Waals surface area contributed by atoms with Crippen molar-refractivity contribution in [1.29, 1.82) is 0 Å². The molecule has 0 aromatic heterocycles. The molecule has 0 spiro atoms. The Labute approximate surface area is 745 Å². The fourth-order valence-electron chi connectivity index (χ4n) is 12.5. The molecule has 2 fully saturated rings. The quantitative estimate of drug-likeness (QED) is 0.00825. The highest BCUT2D eigenvalue weighted by Crippen LogP contribution is 2.46. The van der Waals surface area contributed by atoms with Gasteiger partial charge in [0.15, 0.2) is 11.5 Å². The van der Waals surface area contributed by atoms with Crippen molar-refractivity contribution in [2.75, 3.05) is 80.4 Å². The lowest BCUT2D eigenvalue weighted by molar-refractivity contribution is -0.142. The van der Waals surface area contributed by atoms with E-state index in [0.29, 0.717) is 66.9 Å². The van der Waals surface area contributed by atoms with E-state index in [-0.39, 0.29) is 70.1 Å². The zero-order valence-electron chi connectivity index (χ0n) is 73.7. The molecule has 10 rings (SSSR count). The number of carboxylic acids is 1. The van der Waals surface area contributed by atoms with Gasteiger partial charge in [0.05, 0.1) is 41.2 Å². The number of aldehydes is 1. The first-order valence-electron chi connectivity index (χ1n) is 40.7. The van der Waals surface area contributed by atoms with Crippen LogP contribution in [-0.2, 0) is 42.9 Å². The lowest BCUT2D eigenvalue weighted by Crippen LogP contribution is -2.44. The largest absolute Gasteiger partial charge is 0.493 e. The Hall–Kier alpha value is -10.7. The number of hydrogen-bond donors (Lipinski definition) is 3. The summed E-state index contributed by atoms with van der Waals surface area (Å²) in [6.45, 7) is 26.8. The van der Waals surface area contributed by atoms with Gasteiger partial charge in [-0.3, -0.25) is 19.2 Å². The molecule has 8 aromatic carbocycles. The normalized spacial score (nSPS) is 14.1. The van der Waals surface area contributed by atoms with E-state index in [4.69, 9.17) is 33.5 Å². The summed E-state index contributed by atoms with van der Waals surface area (Å²) in [5, 5.41) is 19.1. The number of hydrogen-bond acceptors (Lipinski definition) is 16. The standard InChI is InChI=1S/C25H31FN2O4.C23H23O2P.C20H29FN2O2.C12H13FO2.C10H9FO.C5H9BrO2.C3H5BrO2/c1-17(12-18-7-9-20(26)10-8-18)15-28(16-21-6-5-11-27-21)25(29)19-13-22(30-2)24(32-4)23(14-19)31-3;1-3-25-23(24)19(2)26(20-13-7-4-8-14-20,21-15-9-5-10-16-21)22-17-11-6-12-18-22;1-15(12-16-7-9-17(21)10-8-16)13-22-14-18-6-5-11-23(18)19(24)25-20(2,3)4;1-3-15-12(14)9(2)8-10-4-6-11(13)7-5-10;1-8(7-12)6-9-2-4-10(11)5-3-9;1-3-8-5(7)4(2)6;1-2(4)3(5)6/h7-10,12-14,21,27H,5-6,11,15-16H2,1-4H3;4-18H,3H2,1-2H3;7-10,12,18,22H,5-6,11,13-14H2,1-4H3;4-8H,3H2,1-2H3;2-7H,1H3;4H,3H2,1-2H3;2H,1H3,(H,5,6)/b17-12+;;15-12+;9-8+;8-6+;;. The summed E-state index contributed by atoms with van der Waals surface area (Å²) in [6.07, 6.45) is 12.0. The Morgan fingerprint density at radius 2 is 0.992 bits per heavy atom. The van der Waals surface area contributed by atoms with Crippen molar-refractivity contribution in [3.63, 3.8) is 0 Å². The molecule has 26 heteroatoms. The number of carbonyl (C=O) groups is 7. The Kier molecular flexibility index (Phi) is 47.9. The van der Waals surface area contributed by atoms with Crippen molar-refractivity contribution in [2.45, 2.75) is 143 Å². The van der Waals surface area contributed by atoms with E-state index in [1.807, 2.05) is 125 Å². The average Bonchev–Trinajstić information content (AvgIpc) is 0.862. The molecule has 2 aliphatic heterocycles. The number of allylic oxidation sites excluding steroid dienone is 1. The monoisotopic (exact) mass is 1860 g/mol. The van der Waals surface area contributed by atoms with Crippen LogP contribution in [0, 0.1) is 23.3 Å². The Morgan fingerprint density at radius 1 is 0.573 bits per heavy atom. The summed E-state index contributed by atoms with van der Waals surface area (Å²) < 4.78 is 87.7. The Bertz CT molecular complexity index is 4690. The van der Waals surface area contributed by atoms with Crippen LogP contribution in [0.25, 0.3) is 24.3 Å². The Balaban J connectivity index is 0.000000321. The molecule has 4 unspecified atom stereocenters. The van der Waals surface area contributed by atoms with E-state index in [1.165, 1.54) is 69.9 Å². The number of aliphatic carboxylic acids is 1. The number of halogens is 6. The van der Waals surface area contributed by atoms with Crippen molar-refractivity contribution < 1.29 is 89.4 Å². The summed E-state index contributed by atoms with van der Waals surface area (Å²) in [6, 6.07) is 59.4. The third-order valence-corrected chi connectivity index (χ3v) is 23.5. The number of alkyl halides is 2. The summed E-state index contributed by atoms with van der Waals surface area (Å²) in [5.74, 6) is -1.45. The van der Waals surface area contributed by atoms with Gasteiger partial charge in [-0.25, -0.2) is 31.9 Å². The zero-order valence-corrected chi connectivity index (χ0v) is 77.8. The van der Waals surface area contributed by atoms with Crippen LogP contribution < -0.4 is 40.8 Å². The topological polar surface area (TPSA) is 235 Å². The van der Waals surface area contributed by atoms with E-state index in [1.54, 1.807) is 114 Å². The van der Waals surface area contributed by atoms with Gasteiger partial charge in [0.1, 0.15) is 44.8 Å². The number of amides is 2. The zero-order chi connectivity index (χ0) is 91.9. The summed E-state index contributed by atoms with van der Waals surface area (Å²) >= 11 is 5.91. The van der Waals surface area contributed by atoms with E-state index in [0.717, 1.165) is 113 Å². The number of nitrogens with zero attached hydrogens (tertiary/aromatic N) is 2. The van der Waals surface area contributed by atoms with Crippen molar-refractivity contribution in [1.82, 2.24) is 20.4 Å². The van der Waals surface area contributed by atoms with Gasteiger partial charge in [0.2, 0.25) is 5.75 Å². The predicted octanol–water partition coefficient (Wildman–Crippen LogP) is 19.5. The lowest BCUT2D eigenvalue weighted by atomic mass is 10.1. The van der Waals surface area contributed by atoms with Gasteiger partial charge < -0.3 is 58.7 Å². The molecule has 0 radical (unpaired) electrons. The molecular formula is C98H119Br2F4N4O15P. The highest BCUT2D eigenvalue weighted by molar-refractivity contribution is 9.10. The van der Waals surface area contributed by atoms with Crippen LogP contribution in [-0.4, -0.2) is 170 Å². The molecule has 2 aliphatic rings. The SMILES string of the molecule is C/C(=C\c1ccc(F)cc1)CNCC1CCCN1C(=O)OC(C)(C)C.C/C(C=O)=C\c1ccc(F)cc1.CC(Br)C(=O)O.CCOC(=O)/C(C)=C/c1ccc(F)cc1.CCOC(=O)C(C)=P(c1ccccc1)(c1ccccc1)c1ccccc1.CCOC(=O)C(C)Br.COc1cc(C(=O)N(C/C(C)=C/c2ccc(F)cc2)CC2CCCN2)cc(OC)c1OC. The first-order chi connectivity index (χ1) is 59.1. The van der Waals surface area contributed by atoms with Gasteiger partial charge in [-0.1, -0.05) is 195 Å². The Morgan fingerprint density at radius 3 is 1.36 bits per heavy atom. The second kappa shape index (κ2) is 56.2. The summed E-state index contributed by atoms with van der Waals surface area (Å²) in [7, 11) is 4.59. The van der Waals surface area contributed by atoms with Crippen LogP contribution in [0.15, 0.2) is 222 Å². The van der Waals surface area contributed by atoms with Crippen LogP contribution in [0.5, 0.6) is 17.2 Å². The number of esters is 3. The maximum Gasteiger partial charge on any atom is 0.410 e. The second-order valence-electron chi connectivity index (χ2n) is 29.5. The summed E-state index contributed by atoms with van der Waals surface area (Å²) in [5.41, 5.74) is 6.77. The molecule has 0 saturated carbocycles. The van der Waals surface area contributed by atoms with Gasteiger partial charge in [-0.2, -0.15) is 0 Å². The fourth-order valence-corrected chi connectivity index (χ4v) is 16.9. The van der Waals surface area contributed by atoms with Gasteiger partial charge in [-0.15, -0.1) is 0 Å². The smallest absolute Gasteiger partial charge is 0.410 e. The predicted molar refractivity (Wildman–Crippen MR) is 498 cm³/mol. The van der Waals surface area contributed by atoms with E-state index in [2.05, 4.69) is 83.6 Å². The molecular weight excluding hydrogens is 1740 g/mol. The van der Waals surface area contributed by atoms with Crippen LogP contribution >= 0.6 is 38.7 Å². The third-order valence-electron chi connectivity index (χ3n) is 18.4. The van der Waals surface area contributed by atoms with Crippen molar-refractivity contribution >= 4 is 126 Å². The van der Waals surface area contributed by atoms with Crippen LogP contribution in [0.1, 0.15) is 148 Å². The molecule has 4 atom stereocenters. The maximum atomic E-state index is 13.6. The first-order valence-corrected chi connectivity index (χ1v) is 44.3. The molecule has 2 heterocycles. The minimum absolute atomic E-state index is 0.121. The van der Waals surface area contributed by atoms with Crippen LogP contribution in [0.4, 0.5) is 22.4 Å². The fraction of sp³-hybridized carbons (Fsp3) is 0.347. The third kappa shape index (κ3) is 37.4. The lowest BCUT2D eigenvalue weighted by Gasteiger charge is -2.31. The van der Waals surface area contributed by atoms with Gasteiger partial charge in [0.25, 0.3) is 5.91 Å². The minimum atomic E-state index is -2.29. The second-order valence-corrected chi connectivity index (χ2v) is 35.8. The molecule has 124 heavy (non-hydrogen) atoms. The highest BCUT2D eigenvalue weighted by atomic mass is 79.9. The molecule has 8 aromatic rings. The van der Waals surface area contributed by atoms with Gasteiger partial charge in [-0.05, 0) is 246 Å². The molecule has 0 aliphatic carbocycles. The molecule has 2 saturated heterocycles. The first kappa shape index (κ1) is 106. The van der Waals surface area contributed by atoms with Gasteiger partial charge >= 0.3 is 30.0 Å². The molecule has 2 amide bonds. The van der Waals surface area contributed by atoms with E-state index >= 15 is 0 Å². The van der Waals surface area contributed by atoms with Crippen LogP contribution in [0.3, 0.4) is 0 Å². The molecule has 668 valence electrons. The number of rotatable bonds is 27. The number of ether oxygens (including phenoxy) is 7. The van der Waals surface area contributed by atoms with E-state index < -0.39 is 23.3 Å². The maximum absolute atomic E-state index is 13.6. The number of methoxy groups -OCH3 is 3. The van der Waals surface area contributed by atoms with Crippen molar-refractivity contribution in [3.05, 3.63) is 274 Å². The number of nitrogens with one attached hydrogen (secondary N) is 2. The average molecular weight is 1860 g/mol. The molecule has 19 nitrogen and oxygen atoms in total. The highest BCUT2D eigenvalue weighted by Gasteiger charge is 2.34. The van der Waals surface area contributed by atoms with E-state index in [9.17, 15) is 51.1 Å². The minimum Gasteiger partial charge on any atom is -0.493 e. The van der Waals surface area contributed by atoms with Crippen LogP contribution in [0.2, 0.25) is 0 Å². The number of carbonyl (C=O) groups excluding carboxylic acids is 6. The number of carboxylic acid groups (broad SMARTS) is 1. The molecule has 0 bridgehead atoms. The van der Waals surface area contributed by atoms with Crippen molar-refractivity contribution in [2.24, 2.45) is 0 Å². The number of likely N-dealkylation sites (tertiary alicyclic amines) is 1. The summed E-state index contributed by atoms with van der Waals surface area (Å²) in [4.78, 5) is 83.4. The van der Waals surface area contributed by atoms with Crippen molar-refractivity contribution in [3.8, 4) is 17.2 Å². The molecule has 3 N–H and O–H groups in total. The number of benzene rings is 8.